The second kappa shape index (κ2) is 7.46. The minimum Gasteiger partial charge on any atom is -0.496 e. The highest BCUT2D eigenvalue weighted by Crippen LogP contribution is 2.25. The Labute approximate surface area is 150 Å². The summed E-state index contributed by atoms with van der Waals surface area (Å²) in [6, 6.07) is 3.68. The molecule has 0 unspecified atom stereocenters. The maximum atomic E-state index is 12.9. The van der Waals surface area contributed by atoms with E-state index in [2.05, 4.69) is 20.8 Å². The van der Waals surface area contributed by atoms with E-state index in [0.717, 1.165) is 16.9 Å². The van der Waals surface area contributed by atoms with E-state index >= 15 is 0 Å². The largest absolute Gasteiger partial charge is 0.496 e. The fraction of sp³-hybridized carbons (Fsp3) is 0.600. The van der Waals surface area contributed by atoms with Crippen molar-refractivity contribution in [2.75, 3.05) is 33.3 Å². The first-order valence-electron chi connectivity index (χ1n) is 8.85. The first-order chi connectivity index (χ1) is 11.6. The van der Waals surface area contributed by atoms with Crippen molar-refractivity contribution in [3.63, 3.8) is 0 Å². The topological polar surface area (TPSA) is 49.9 Å². The number of nitrogens with zero attached hydrogens (tertiary/aromatic N) is 2. The van der Waals surface area contributed by atoms with Crippen LogP contribution in [0.4, 0.5) is 0 Å². The normalized spacial score (nSPS) is 15.3. The fourth-order valence-corrected chi connectivity index (χ4v) is 3.14. The summed E-state index contributed by atoms with van der Waals surface area (Å²) in [5, 5.41) is 0. The molecule has 0 radical (unpaired) electrons. The van der Waals surface area contributed by atoms with Crippen LogP contribution in [-0.4, -0.2) is 54.9 Å². The van der Waals surface area contributed by atoms with Gasteiger partial charge in [0.25, 0.3) is 5.91 Å². The average Bonchev–Trinajstić information content (AvgIpc) is 2.55. The van der Waals surface area contributed by atoms with Gasteiger partial charge in [0.05, 0.1) is 7.11 Å². The molecule has 5 heteroatoms. The van der Waals surface area contributed by atoms with Crippen LogP contribution in [0.2, 0.25) is 0 Å². The monoisotopic (exact) mass is 346 g/mol. The second-order valence-corrected chi connectivity index (χ2v) is 7.98. The van der Waals surface area contributed by atoms with Gasteiger partial charge in [0.1, 0.15) is 5.75 Å². The molecule has 1 aromatic carbocycles. The van der Waals surface area contributed by atoms with Gasteiger partial charge in [0.15, 0.2) is 0 Å². The number of hydrogen-bond acceptors (Lipinski definition) is 3. The van der Waals surface area contributed by atoms with E-state index in [1.807, 2.05) is 35.8 Å². The summed E-state index contributed by atoms with van der Waals surface area (Å²) in [4.78, 5) is 28.9. The smallest absolute Gasteiger partial charge is 0.254 e. The van der Waals surface area contributed by atoms with Gasteiger partial charge in [-0.25, -0.2) is 0 Å². The number of methoxy groups -OCH3 is 1. The molecule has 0 bridgehead atoms. The predicted octanol–water partition coefficient (Wildman–Crippen LogP) is 3.03. The van der Waals surface area contributed by atoms with Crippen LogP contribution in [-0.2, 0) is 4.79 Å². The average molecular weight is 346 g/mol. The Balaban J connectivity index is 2.02. The van der Waals surface area contributed by atoms with Gasteiger partial charge in [0.2, 0.25) is 5.91 Å². The van der Waals surface area contributed by atoms with Crippen LogP contribution in [0.5, 0.6) is 5.75 Å². The molecule has 1 heterocycles. The first kappa shape index (κ1) is 19.3. The molecular formula is C20H30N2O3. The van der Waals surface area contributed by atoms with Gasteiger partial charge in [-0.2, -0.15) is 0 Å². The van der Waals surface area contributed by atoms with Gasteiger partial charge >= 0.3 is 0 Å². The number of benzene rings is 1. The van der Waals surface area contributed by atoms with E-state index in [4.69, 9.17) is 4.74 Å². The summed E-state index contributed by atoms with van der Waals surface area (Å²) in [5.41, 5.74) is 2.65. The van der Waals surface area contributed by atoms with Gasteiger partial charge in [-0.3, -0.25) is 9.59 Å². The van der Waals surface area contributed by atoms with E-state index in [-0.39, 0.29) is 17.2 Å². The van der Waals surface area contributed by atoms with E-state index in [0.29, 0.717) is 38.2 Å². The highest BCUT2D eigenvalue weighted by atomic mass is 16.5. The Bertz CT molecular complexity index is 654. The number of ether oxygens (including phenoxy) is 1. The lowest BCUT2D eigenvalue weighted by atomic mass is 9.91. The Kier molecular flexibility index (Phi) is 5.76. The highest BCUT2D eigenvalue weighted by molar-refractivity contribution is 5.96. The summed E-state index contributed by atoms with van der Waals surface area (Å²) in [6.07, 6.45) is 0.539. The maximum absolute atomic E-state index is 12.9. The molecule has 138 valence electrons. The molecule has 1 aliphatic rings. The maximum Gasteiger partial charge on any atom is 0.254 e. The highest BCUT2D eigenvalue weighted by Gasteiger charge is 2.28. The van der Waals surface area contributed by atoms with Crippen LogP contribution in [0.25, 0.3) is 0 Å². The third-order valence-electron chi connectivity index (χ3n) is 4.79. The van der Waals surface area contributed by atoms with Crippen LogP contribution in [0.1, 0.15) is 48.7 Å². The summed E-state index contributed by atoms with van der Waals surface area (Å²) in [6.45, 7) is 12.5. The molecule has 0 aliphatic carbocycles. The lowest BCUT2D eigenvalue weighted by Crippen LogP contribution is -2.51. The van der Waals surface area contributed by atoms with Crippen molar-refractivity contribution in [1.29, 1.82) is 0 Å². The molecule has 1 fully saturated rings. The van der Waals surface area contributed by atoms with Crippen molar-refractivity contribution in [2.45, 2.75) is 41.0 Å². The lowest BCUT2D eigenvalue weighted by molar-refractivity contribution is -0.134. The first-order valence-corrected chi connectivity index (χ1v) is 8.85. The van der Waals surface area contributed by atoms with Crippen molar-refractivity contribution in [3.05, 3.63) is 28.8 Å². The van der Waals surface area contributed by atoms with Gasteiger partial charge < -0.3 is 14.5 Å². The lowest BCUT2D eigenvalue weighted by Gasteiger charge is -2.36. The molecule has 1 aliphatic heterocycles. The molecule has 0 N–H and O–H groups in total. The number of rotatable bonds is 3. The quantitative estimate of drug-likeness (QED) is 0.845. The van der Waals surface area contributed by atoms with Crippen molar-refractivity contribution >= 4 is 11.8 Å². The molecule has 0 saturated carbocycles. The number of hydrogen-bond donors (Lipinski definition) is 0. The fourth-order valence-electron chi connectivity index (χ4n) is 3.14. The second-order valence-electron chi connectivity index (χ2n) is 7.98. The molecule has 2 rings (SSSR count). The summed E-state index contributed by atoms with van der Waals surface area (Å²) in [5.74, 6) is 1.01. The van der Waals surface area contributed by atoms with E-state index in [9.17, 15) is 9.59 Å². The van der Waals surface area contributed by atoms with Gasteiger partial charge in [0, 0.05) is 38.2 Å². The van der Waals surface area contributed by atoms with Gasteiger partial charge in [-0.15, -0.1) is 0 Å². The summed E-state index contributed by atoms with van der Waals surface area (Å²) in [7, 11) is 1.64. The minimum absolute atomic E-state index is 0.0121. The van der Waals surface area contributed by atoms with E-state index in [1.165, 1.54) is 0 Å². The molecule has 0 atom stereocenters. The molecule has 0 spiro atoms. The third-order valence-corrected chi connectivity index (χ3v) is 4.79. The van der Waals surface area contributed by atoms with Crippen LogP contribution in [0, 0.1) is 19.3 Å². The molecule has 1 saturated heterocycles. The minimum atomic E-state index is -0.0121. The van der Waals surface area contributed by atoms with E-state index in [1.54, 1.807) is 7.11 Å². The number of amides is 2. The van der Waals surface area contributed by atoms with Crippen molar-refractivity contribution in [3.8, 4) is 5.75 Å². The predicted molar refractivity (Wildman–Crippen MR) is 99.0 cm³/mol. The summed E-state index contributed by atoms with van der Waals surface area (Å²) < 4.78 is 5.32. The zero-order valence-electron chi connectivity index (χ0n) is 16.3. The molecule has 5 nitrogen and oxygen atoms in total. The molecular weight excluding hydrogens is 316 g/mol. The van der Waals surface area contributed by atoms with Crippen molar-refractivity contribution < 1.29 is 14.3 Å². The third kappa shape index (κ3) is 4.53. The number of carbonyl (C=O) groups excluding carboxylic acids is 2. The summed E-state index contributed by atoms with van der Waals surface area (Å²) >= 11 is 0. The van der Waals surface area contributed by atoms with Crippen molar-refractivity contribution in [1.82, 2.24) is 9.80 Å². The molecule has 2 amide bonds. The van der Waals surface area contributed by atoms with Crippen LogP contribution in [0.15, 0.2) is 12.1 Å². The van der Waals surface area contributed by atoms with Crippen LogP contribution in [0.3, 0.4) is 0 Å². The molecule has 25 heavy (non-hydrogen) atoms. The zero-order chi connectivity index (χ0) is 18.8. The Morgan fingerprint density at radius 3 is 2.08 bits per heavy atom. The molecule has 0 aromatic heterocycles. The number of carbonyl (C=O) groups is 2. The Morgan fingerprint density at radius 2 is 1.56 bits per heavy atom. The van der Waals surface area contributed by atoms with Crippen LogP contribution < -0.4 is 4.74 Å². The van der Waals surface area contributed by atoms with Gasteiger partial charge in [-0.1, -0.05) is 20.8 Å². The molecule has 1 aromatic rings. The zero-order valence-corrected chi connectivity index (χ0v) is 16.3. The van der Waals surface area contributed by atoms with E-state index < -0.39 is 0 Å². The standard InChI is InChI=1S/C20H30N2O3/c1-14-15(2)17(25-6)8-7-16(14)19(24)22-11-9-21(10-12-22)18(23)13-20(3,4)5/h7-8H,9-13H2,1-6H3. The SMILES string of the molecule is COc1ccc(C(=O)N2CCN(C(=O)CC(C)(C)C)CC2)c(C)c1C. The number of piperazine rings is 1. The van der Waals surface area contributed by atoms with Gasteiger partial charge in [-0.05, 0) is 42.5 Å². The Hall–Kier alpha value is -2.04. The van der Waals surface area contributed by atoms with Crippen LogP contribution >= 0.6 is 0 Å². The Morgan fingerprint density at radius 1 is 1.00 bits per heavy atom. The van der Waals surface area contributed by atoms with Crippen molar-refractivity contribution in [2.24, 2.45) is 5.41 Å².